The number of thiocarbonyl (C=S) groups is 1. The Kier molecular flexibility index (Phi) is 6.01. The van der Waals surface area contributed by atoms with Crippen molar-refractivity contribution in [3.63, 3.8) is 0 Å². The zero-order chi connectivity index (χ0) is 20.3. The number of rotatable bonds is 6. The number of carboxylic acid groups (broad SMARTS) is 1. The van der Waals surface area contributed by atoms with Crippen LogP contribution in [-0.2, 0) is 9.59 Å². The molecule has 6 nitrogen and oxygen atoms in total. The zero-order valence-corrected chi connectivity index (χ0v) is 16.8. The summed E-state index contributed by atoms with van der Waals surface area (Å²) in [5.74, 6) is -0.450. The molecule has 0 aliphatic carbocycles. The Morgan fingerprint density at radius 2 is 1.89 bits per heavy atom. The summed E-state index contributed by atoms with van der Waals surface area (Å²) >= 11 is 6.38. The van der Waals surface area contributed by atoms with Crippen LogP contribution in [0.4, 0.5) is 0 Å². The van der Waals surface area contributed by atoms with Crippen molar-refractivity contribution in [2.24, 2.45) is 0 Å². The zero-order valence-electron chi connectivity index (χ0n) is 15.1. The number of aliphatic carboxylic acids is 1. The Labute approximate surface area is 171 Å². The lowest BCUT2D eigenvalue weighted by Crippen LogP contribution is -2.37. The summed E-state index contributed by atoms with van der Waals surface area (Å²) in [5, 5.41) is 9.72. The second-order valence-electron chi connectivity index (χ2n) is 5.81. The first-order chi connectivity index (χ1) is 13.5. The lowest BCUT2D eigenvalue weighted by atomic mass is 10.1. The van der Waals surface area contributed by atoms with Gasteiger partial charge in [-0.25, -0.2) is 4.79 Å². The van der Waals surface area contributed by atoms with Gasteiger partial charge in [-0.05, 0) is 23.8 Å². The van der Waals surface area contributed by atoms with Crippen molar-refractivity contribution < 1.29 is 24.2 Å². The van der Waals surface area contributed by atoms with E-state index in [0.717, 1.165) is 16.7 Å². The molecule has 28 heavy (non-hydrogen) atoms. The standard InChI is InChI=1S/C20H17NO5S2/c1-25-14-9-8-13(15(11-14)26-2)10-16-18(22)21(20(27)28-16)17(19(23)24)12-6-4-3-5-7-12/h3-11,17H,1-2H3,(H,23,24)/b16-10+. The summed E-state index contributed by atoms with van der Waals surface area (Å²) in [7, 11) is 3.07. The van der Waals surface area contributed by atoms with Crippen LogP contribution >= 0.6 is 24.0 Å². The summed E-state index contributed by atoms with van der Waals surface area (Å²) in [4.78, 5) is 26.3. The van der Waals surface area contributed by atoms with Crippen LogP contribution in [0.25, 0.3) is 6.08 Å². The summed E-state index contributed by atoms with van der Waals surface area (Å²) in [6, 6.07) is 12.6. The van der Waals surface area contributed by atoms with E-state index >= 15 is 0 Å². The third-order valence-electron chi connectivity index (χ3n) is 4.16. The minimum absolute atomic E-state index is 0.194. The molecular formula is C20H17NO5S2. The van der Waals surface area contributed by atoms with Gasteiger partial charge in [0, 0.05) is 11.6 Å². The van der Waals surface area contributed by atoms with Crippen LogP contribution in [0, 0.1) is 0 Å². The minimum atomic E-state index is -1.18. The first-order valence-corrected chi connectivity index (χ1v) is 9.45. The summed E-state index contributed by atoms with van der Waals surface area (Å²) < 4.78 is 10.7. The summed E-state index contributed by atoms with van der Waals surface area (Å²) in [6.07, 6.45) is 1.64. The average molecular weight is 415 g/mol. The van der Waals surface area contributed by atoms with E-state index in [-0.39, 0.29) is 4.32 Å². The highest BCUT2D eigenvalue weighted by atomic mass is 32.2. The van der Waals surface area contributed by atoms with Gasteiger partial charge >= 0.3 is 5.97 Å². The van der Waals surface area contributed by atoms with Gasteiger partial charge in [-0.1, -0.05) is 54.3 Å². The maximum Gasteiger partial charge on any atom is 0.331 e. The minimum Gasteiger partial charge on any atom is -0.497 e. The third-order valence-corrected chi connectivity index (χ3v) is 5.49. The molecule has 0 aromatic heterocycles. The number of ether oxygens (including phenoxy) is 2. The predicted molar refractivity (Wildman–Crippen MR) is 111 cm³/mol. The van der Waals surface area contributed by atoms with Crippen LogP contribution in [0.5, 0.6) is 11.5 Å². The maximum absolute atomic E-state index is 13.0. The molecule has 0 radical (unpaired) electrons. The second kappa shape index (κ2) is 8.45. The molecule has 8 heteroatoms. The topological polar surface area (TPSA) is 76.1 Å². The summed E-state index contributed by atoms with van der Waals surface area (Å²) in [5.41, 5.74) is 1.14. The number of nitrogens with zero attached hydrogens (tertiary/aromatic N) is 1. The van der Waals surface area contributed by atoms with Gasteiger partial charge < -0.3 is 14.6 Å². The van der Waals surface area contributed by atoms with Crippen molar-refractivity contribution >= 4 is 46.3 Å². The van der Waals surface area contributed by atoms with Gasteiger partial charge in [0.25, 0.3) is 5.91 Å². The number of carboxylic acids is 1. The normalized spacial score (nSPS) is 16.4. The van der Waals surface area contributed by atoms with Crippen molar-refractivity contribution in [1.29, 1.82) is 0 Å². The molecule has 2 aromatic rings. The number of hydrogen-bond donors (Lipinski definition) is 1. The van der Waals surface area contributed by atoms with E-state index in [4.69, 9.17) is 21.7 Å². The van der Waals surface area contributed by atoms with Crippen LogP contribution in [0.3, 0.4) is 0 Å². The molecule has 3 rings (SSSR count). The highest BCUT2D eigenvalue weighted by Crippen LogP contribution is 2.39. The van der Waals surface area contributed by atoms with E-state index in [1.54, 1.807) is 61.7 Å². The molecule has 0 saturated carbocycles. The molecule has 1 atom stereocenters. The fraction of sp³-hybridized carbons (Fsp3) is 0.150. The van der Waals surface area contributed by atoms with Crippen LogP contribution in [0.15, 0.2) is 53.4 Å². The SMILES string of the molecule is COc1ccc(/C=C2/SC(=S)N(C(C(=O)O)c3ccccc3)C2=O)c(OC)c1. The van der Waals surface area contributed by atoms with Gasteiger partial charge in [0.15, 0.2) is 6.04 Å². The fourth-order valence-electron chi connectivity index (χ4n) is 2.82. The number of thioether (sulfide) groups is 1. The monoisotopic (exact) mass is 415 g/mol. The molecule has 1 fully saturated rings. The van der Waals surface area contributed by atoms with E-state index in [2.05, 4.69) is 0 Å². The summed E-state index contributed by atoms with van der Waals surface area (Å²) in [6.45, 7) is 0. The van der Waals surface area contributed by atoms with Crippen LogP contribution in [0.1, 0.15) is 17.2 Å². The highest BCUT2D eigenvalue weighted by molar-refractivity contribution is 8.26. The lowest BCUT2D eigenvalue weighted by Gasteiger charge is -2.23. The largest absolute Gasteiger partial charge is 0.497 e. The van der Waals surface area contributed by atoms with E-state index in [9.17, 15) is 14.7 Å². The van der Waals surface area contributed by atoms with Crippen LogP contribution in [0.2, 0.25) is 0 Å². The highest BCUT2D eigenvalue weighted by Gasteiger charge is 2.41. The Bertz CT molecular complexity index is 958. The second-order valence-corrected chi connectivity index (χ2v) is 7.49. The number of benzene rings is 2. The Morgan fingerprint density at radius 3 is 2.50 bits per heavy atom. The smallest absolute Gasteiger partial charge is 0.331 e. The number of hydrogen-bond acceptors (Lipinski definition) is 6. The van der Waals surface area contributed by atoms with E-state index in [1.165, 1.54) is 7.11 Å². The van der Waals surface area contributed by atoms with Crippen LogP contribution < -0.4 is 9.47 Å². The van der Waals surface area contributed by atoms with E-state index < -0.39 is 17.9 Å². The van der Waals surface area contributed by atoms with Gasteiger partial charge in [-0.3, -0.25) is 9.69 Å². The fourth-order valence-corrected chi connectivity index (χ4v) is 4.12. The Morgan fingerprint density at radius 1 is 1.18 bits per heavy atom. The lowest BCUT2D eigenvalue weighted by molar-refractivity contribution is -0.145. The molecule has 1 unspecified atom stereocenters. The molecular weight excluding hydrogens is 398 g/mol. The first-order valence-electron chi connectivity index (χ1n) is 8.23. The van der Waals surface area contributed by atoms with Gasteiger partial charge in [0.05, 0.1) is 19.1 Å². The molecule has 1 aliphatic heterocycles. The molecule has 1 amide bonds. The Balaban J connectivity index is 1.97. The molecule has 144 valence electrons. The van der Waals surface area contributed by atoms with Gasteiger partial charge in [-0.2, -0.15) is 0 Å². The number of carbonyl (C=O) groups excluding carboxylic acids is 1. The molecule has 0 spiro atoms. The van der Waals surface area contributed by atoms with Gasteiger partial charge in [0.2, 0.25) is 0 Å². The van der Waals surface area contributed by atoms with Crippen molar-refractivity contribution in [1.82, 2.24) is 4.90 Å². The van der Waals surface area contributed by atoms with E-state index in [1.807, 2.05) is 0 Å². The van der Waals surface area contributed by atoms with Crippen molar-refractivity contribution in [2.75, 3.05) is 14.2 Å². The van der Waals surface area contributed by atoms with Gasteiger partial charge in [0.1, 0.15) is 15.8 Å². The number of methoxy groups -OCH3 is 2. The quantitative estimate of drug-likeness (QED) is 0.569. The predicted octanol–water partition coefficient (Wildman–Crippen LogP) is 3.73. The molecule has 1 aliphatic rings. The molecule has 1 heterocycles. The van der Waals surface area contributed by atoms with Gasteiger partial charge in [-0.15, -0.1) is 0 Å². The number of amides is 1. The number of carbonyl (C=O) groups is 2. The van der Waals surface area contributed by atoms with Crippen LogP contribution in [-0.4, -0.2) is 40.4 Å². The molecule has 0 bridgehead atoms. The maximum atomic E-state index is 13.0. The molecule has 1 N–H and O–H groups in total. The van der Waals surface area contributed by atoms with E-state index in [0.29, 0.717) is 27.5 Å². The average Bonchev–Trinajstić information content (AvgIpc) is 2.97. The van der Waals surface area contributed by atoms with Crippen molar-refractivity contribution in [2.45, 2.75) is 6.04 Å². The first kappa shape index (κ1) is 19.9. The molecule has 1 saturated heterocycles. The third kappa shape index (κ3) is 3.88. The van der Waals surface area contributed by atoms with Crippen molar-refractivity contribution in [3.05, 3.63) is 64.6 Å². The van der Waals surface area contributed by atoms with Crippen molar-refractivity contribution in [3.8, 4) is 11.5 Å². The Hall–Kier alpha value is -2.84. The molecule has 2 aromatic carbocycles.